The van der Waals surface area contributed by atoms with Crippen LogP contribution in [0.15, 0.2) is 54.1 Å². The number of aromatic nitrogens is 6. The van der Waals surface area contributed by atoms with Crippen LogP contribution in [0, 0.1) is 0 Å². The molecular formula is C14H10N6O. The van der Waals surface area contributed by atoms with Crippen LogP contribution in [0.3, 0.4) is 0 Å². The van der Waals surface area contributed by atoms with Gasteiger partial charge in [-0.1, -0.05) is 6.07 Å². The number of nitrogens with zero attached hydrogens (tertiary/aromatic N) is 6. The molecule has 0 atom stereocenters. The first-order chi connectivity index (χ1) is 10.3. The lowest BCUT2D eigenvalue weighted by atomic mass is 10.2. The number of hydrogen-bond acceptors (Lipinski definition) is 5. The van der Waals surface area contributed by atoms with Gasteiger partial charge in [0.2, 0.25) is 0 Å². The molecule has 0 aliphatic carbocycles. The van der Waals surface area contributed by atoms with Crippen molar-refractivity contribution < 1.29 is 0 Å². The molecule has 4 aromatic rings. The maximum atomic E-state index is 12.5. The van der Waals surface area contributed by atoms with Crippen LogP contribution in [-0.2, 0) is 6.54 Å². The Kier molecular flexibility index (Phi) is 2.50. The minimum Gasteiger partial charge on any atom is -0.310 e. The van der Waals surface area contributed by atoms with Gasteiger partial charge in [0.05, 0.1) is 17.4 Å². The van der Waals surface area contributed by atoms with E-state index in [-0.39, 0.29) is 5.56 Å². The smallest absolute Gasteiger partial charge is 0.261 e. The van der Waals surface area contributed by atoms with Crippen LogP contribution in [0.1, 0.15) is 5.56 Å². The zero-order valence-corrected chi connectivity index (χ0v) is 10.9. The summed E-state index contributed by atoms with van der Waals surface area (Å²) in [6.45, 7) is 0.470. The van der Waals surface area contributed by atoms with Crippen LogP contribution in [-0.4, -0.2) is 29.1 Å². The molecule has 7 nitrogen and oxygen atoms in total. The van der Waals surface area contributed by atoms with E-state index >= 15 is 0 Å². The van der Waals surface area contributed by atoms with Crippen LogP contribution < -0.4 is 5.56 Å². The van der Waals surface area contributed by atoms with Crippen molar-refractivity contribution in [2.45, 2.75) is 6.54 Å². The van der Waals surface area contributed by atoms with E-state index in [2.05, 4.69) is 20.1 Å². The fourth-order valence-corrected chi connectivity index (χ4v) is 2.32. The SMILES string of the molecule is O=c1c2cnc3ncnn3c2ccn1Cc1cccnc1. The normalized spacial score (nSPS) is 11.2. The first kappa shape index (κ1) is 11.7. The Morgan fingerprint density at radius 2 is 2.10 bits per heavy atom. The van der Waals surface area contributed by atoms with E-state index in [1.807, 2.05) is 18.2 Å². The molecule has 0 N–H and O–H groups in total. The van der Waals surface area contributed by atoms with Crippen LogP contribution in [0.5, 0.6) is 0 Å². The molecule has 0 bridgehead atoms. The van der Waals surface area contributed by atoms with Crippen molar-refractivity contribution in [3.05, 3.63) is 65.2 Å². The highest BCUT2D eigenvalue weighted by Crippen LogP contribution is 2.09. The number of rotatable bonds is 2. The van der Waals surface area contributed by atoms with Gasteiger partial charge in [0.25, 0.3) is 11.3 Å². The molecule has 4 rings (SSSR count). The minimum atomic E-state index is -0.110. The summed E-state index contributed by atoms with van der Waals surface area (Å²) in [6, 6.07) is 5.63. The van der Waals surface area contributed by atoms with E-state index in [1.54, 1.807) is 33.9 Å². The van der Waals surface area contributed by atoms with Gasteiger partial charge in [-0.3, -0.25) is 9.78 Å². The molecule has 0 aliphatic heterocycles. The lowest BCUT2D eigenvalue weighted by Gasteiger charge is -2.07. The average Bonchev–Trinajstić information content (AvgIpc) is 3.00. The van der Waals surface area contributed by atoms with Crippen LogP contribution in [0.25, 0.3) is 16.7 Å². The number of hydrogen-bond donors (Lipinski definition) is 0. The van der Waals surface area contributed by atoms with Crippen molar-refractivity contribution in [1.82, 2.24) is 29.1 Å². The van der Waals surface area contributed by atoms with Crippen LogP contribution >= 0.6 is 0 Å². The molecule has 102 valence electrons. The molecule has 0 amide bonds. The van der Waals surface area contributed by atoms with Gasteiger partial charge in [-0.05, 0) is 17.7 Å². The molecule has 0 saturated carbocycles. The quantitative estimate of drug-likeness (QED) is 0.544. The Hall–Kier alpha value is -3.09. The summed E-state index contributed by atoms with van der Waals surface area (Å²) in [4.78, 5) is 24.8. The maximum Gasteiger partial charge on any atom is 0.261 e. The lowest BCUT2D eigenvalue weighted by molar-refractivity contribution is 0.762. The van der Waals surface area contributed by atoms with Gasteiger partial charge in [-0.15, -0.1) is 0 Å². The van der Waals surface area contributed by atoms with E-state index in [0.717, 1.165) is 5.56 Å². The third-order valence-electron chi connectivity index (χ3n) is 3.32. The Bertz CT molecular complexity index is 989. The third-order valence-corrected chi connectivity index (χ3v) is 3.32. The molecule has 0 spiro atoms. The Balaban J connectivity index is 1.90. The zero-order valence-electron chi connectivity index (χ0n) is 10.9. The Labute approximate surface area is 118 Å². The predicted molar refractivity (Wildman–Crippen MR) is 75.9 cm³/mol. The molecule has 21 heavy (non-hydrogen) atoms. The lowest BCUT2D eigenvalue weighted by Crippen LogP contribution is -2.21. The monoisotopic (exact) mass is 278 g/mol. The van der Waals surface area contributed by atoms with Crippen molar-refractivity contribution in [1.29, 1.82) is 0 Å². The van der Waals surface area contributed by atoms with Gasteiger partial charge < -0.3 is 4.57 Å². The highest BCUT2D eigenvalue weighted by Gasteiger charge is 2.08. The van der Waals surface area contributed by atoms with Crippen LogP contribution in [0.2, 0.25) is 0 Å². The van der Waals surface area contributed by atoms with Gasteiger partial charge >= 0.3 is 0 Å². The summed E-state index contributed by atoms with van der Waals surface area (Å²) < 4.78 is 3.19. The summed E-state index contributed by atoms with van der Waals surface area (Å²) in [6.07, 6.45) is 8.16. The number of pyridine rings is 2. The molecule has 4 heterocycles. The van der Waals surface area contributed by atoms with E-state index in [0.29, 0.717) is 23.2 Å². The molecular weight excluding hydrogens is 268 g/mol. The zero-order chi connectivity index (χ0) is 14.2. The summed E-state index contributed by atoms with van der Waals surface area (Å²) in [5.74, 6) is 0.479. The standard InChI is InChI=1S/C14H10N6O/c21-13-11-7-16-14-17-9-18-20(14)12(11)3-5-19(13)8-10-2-1-4-15-6-10/h1-7,9H,8H2. The molecule has 0 unspecified atom stereocenters. The molecule has 4 aromatic heterocycles. The Morgan fingerprint density at radius 3 is 2.95 bits per heavy atom. The molecule has 0 aliphatic rings. The fourth-order valence-electron chi connectivity index (χ4n) is 2.32. The predicted octanol–water partition coefficient (Wildman–Crippen LogP) is 0.882. The van der Waals surface area contributed by atoms with Gasteiger partial charge in [0.1, 0.15) is 6.33 Å². The second kappa shape index (κ2) is 4.48. The largest absolute Gasteiger partial charge is 0.310 e. The number of fused-ring (bicyclic) bond motifs is 3. The highest BCUT2D eigenvalue weighted by atomic mass is 16.1. The van der Waals surface area contributed by atoms with E-state index in [1.165, 1.54) is 6.33 Å². The van der Waals surface area contributed by atoms with Crippen LogP contribution in [0.4, 0.5) is 0 Å². The fraction of sp³-hybridized carbons (Fsp3) is 0.0714. The van der Waals surface area contributed by atoms with Crippen molar-refractivity contribution in [3.63, 3.8) is 0 Å². The van der Waals surface area contributed by atoms with E-state index < -0.39 is 0 Å². The first-order valence-electron chi connectivity index (χ1n) is 6.40. The Morgan fingerprint density at radius 1 is 1.14 bits per heavy atom. The van der Waals surface area contributed by atoms with Crippen molar-refractivity contribution in [2.24, 2.45) is 0 Å². The van der Waals surface area contributed by atoms with Crippen molar-refractivity contribution in [2.75, 3.05) is 0 Å². The second-order valence-electron chi connectivity index (χ2n) is 4.64. The van der Waals surface area contributed by atoms with Gasteiger partial charge in [-0.25, -0.2) is 4.98 Å². The van der Waals surface area contributed by atoms with E-state index in [9.17, 15) is 4.79 Å². The van der Waals surface area contributed by atoms with Gasteiger partial charge in [0, 0.05) is 24.8 Å². The molecule has 0 fully saturated rings. The topological polar surface area (TPSA) is 78.0 Å². The summed E-state index contributed by atoms with van der Waals surface area (Å²) in [5, 5.41) is 4.60. The summed E-state index contributed by atoms with van der Waals surface area (Å²) in [7, 11) is 0. The summed E-state index contributed by atoms with van der Waals surface area (Å²) >= 11 is 0. The molecule has 0 radical (unpaired) electrons. The highest BCUT2D eigenvalue weighted by molar-refractivity contribution is 5.78. The second-order valence-corrected chi connectivity index (χ2v) is 4.64. The average molecular weight is 278 g/mol. The molecule has 7 heteroatoms. The van der Waals surface area contributed by atoms with Crippen molar-refractivity contribution >= 4 is 16.7 Å². The van der Waals surface area contributed by atoms with Crippen molar-refractivity contribution in [3.8, 4) is 0 Å². The minimum absolute atomic E-state index is 0.110. The molecule has 0 saturated heterocycles. The molecule has 0 aromatic carbocycles. The first-order valence-corrected chi connectivity index (χ1v) is 6.40. The van der Waals surface area contributed by atoms with Gasteiger partial charge in [-0.2, -0.15) is 14.6 Å². The maximum absolute atomic E-state index is 12.5. The van der Waals surface area contributed by atoms with Gasteiger partial charge in [0.15, 0.2) is 0 Å². The van der Waals surface area contributed by atoms with E-state index in [4.69, 9.17) is 0 Å². The summed E-state index contributed by atoms with van der Waals surface area (Å²) in [5.41, 5.74) is 1.56. The third kappa shape index (κ3) is 1.86.